The number of carboxylic acids is 1. The van der Waals surface area contributed by atoms with Crippen molar-refractivity contribution >= 4 is 23.3 Å². The van der Waals surface area contributed by atoms with Crippen LogP contribution in [0.5, 0.6) is 0 Å². The third-order valence-electron chi connectivity index (χ3n) is 2.48. The van der Waals surface area contributed by atoms with Crippen LogP contribution in [0.3, 0.4) is 0 Å². The summed E-state index contributed by atoms with van der Waals surface area (Å²) in [6.45, 7) is 0.501. The summed E-state index contributed by atoms with van der Waals surface area (Å²) < 4.78 is 38.3. The molecule has 1 aromatic rings. The third kappa shape index (κ3) is 2.90. The SMILES string of the molecule is CC(Nc1ccc(C#N)c(Cl)c1)(C(=O)O)C(F)(F)F. The minimum atomic E-state index is -5.00. The minimum Gasteiger partial charge on any atom is -0.479 e. The van der Waals surface area contributed by atoms with Gasteiger partial charge in [0.05, 0.1) is 10.6 Å². The zero-order chi connectivity index (χ0) is 14.8. The van der Waals surface area contributed by atoms with E-state index in [9.17, 15) is 18.0 Å². The highest BCUT2D eigenvalue weighted by molar-refractivity contribution is 6.32. The van der Waals surface area contributed by atoms with Crippen LogP contribution in [0, 0.1) is 11.3 Å². The molecule has 0 spiro atoms. The summed E-state index contributed by atoms with van der Waals surface area (Å²) in [5.74, 6) is -2.07. The number of rotatable bonds is 3. The van der Waals surface area contributed by atoms with Gasteiger partial charge in [0, 0.05) is 5.69 Å². The number of anilines is 1. The molecular weight excluding hydrogens is 285 g/mol. The van der Waals surface area contributed by atoms with Gasteiger partial charge in [-0.1, -0.05) is 11.6 Å². The zero-order valence-electron chi connectivity index (χ0n) is 9.55. The highest BCUT2D eigenvalue weighted by atomic mass is 35.5. The summed E-state index contributed by atoms with van der Waals surface area (Å²) in [5.41, 5.74) is -3.22. The van der Waals surface area contributed by atoms with Crippen molar-refractivity contribution in [3.8, 4) is 6.07 Å². The highest BCUT2D eigenvalue weighted by Crippen LogP contribution is 2.34. The van der Waals surface area contributed by atoms with Gasteiger partial charge in [-0.05, 0) is 25.1 Å². The maximum atomic E-state index is 12.8. The summed E-state index contributed by atoms with van der Waals surface area (Å²) in [6, 6.07) is 5.15. The number of nitrogens with one attached hydrogen (secondary N) is 1. The Hall–Kier alpha value is -1.94. The molecule has 2 N–H and O–H groups in total. The maximum absolute atomic E-state index is 12.8. The molecular formula is C11H8ClF3N2O2. The minimum absolute atomic E-state index is 0.0672. The fraction of sp³-hybridized carbons (Fsp3) is 0.273. The Morgan fingerprint density at radius 3 is 2.42 bits per heavy atom. The topological polar surface area (TPSA) is 73.1 Å². The molecule has 0 aliphatic heterocycles. The number of alkyl halides is 3. The molecule has 1 atom stereocenters. The van der Waals surface area contributed by atoms with Gasteiger partial charge in [-0.3, -0.25) is 0 Å². The lowest BCUT2D eigenvalue weighted by Crippen LogP contribution is -2.55. The smallest absolute Gasteiger partial charge is 0.422 e. The Balaban J connectivity index is 3.16. The van der Waals surface area contributed by atoms with Crippen LogP contribution in [-0.4, -0.2) is 22.8 Å². The number of aliphatic carboxylic acids is 1. The van der Waals surface area contributed by atoms with Gasteiger partial charge in [0.25, 0.3) is 0 Å². The van der Waals surface area contributed by atoms with Gasteiger partial charge in [0.2, 0.25) is 5.54 Å². The quantitative estimate of drug-likeness (QED) is 0.898. The van der Waals surface area contributed by atoms with Crippen molar-refractivity contribution in [3.05, 3.63) is 28.8 Å². The molecule has 0 saturated carbocycles. The van der Waals surface area contributed by atoms with Crippen LogP contribution in [0.1, 0.15) is 12.5 Å². The number of nitrogens with zero attached hydrogens (tertiary/aromatic N) is 1. The molecule has 0 bridgehead atoms. The van der Waals surface area contributed by atoms with E-state index < -0.39 is 17.7 Å². The normalized spacial score (nSPS) is 14.3. The second-order valence-corrected chi connectivity index (χ2v) is 4.27. The first-order chi connectivity index (χ1) is 8.61. The second kappa shape index (κ2) is 4.97. The van der Waals surface area contributed by atoms with E-state index in [0.717, 1.165) is 12.1 Å². The Kier molecular flexibility index (Phi) is 3.96. The first kappa shape index (κ1) is 15.1. The van der Waals surface area contributed by atoms with Gasteiger partial charge >= 0.3 is 12.1 Å². The Morgan fingerprint density at radius 2 is 2.05 bits per heavy atom. The number of halogens is 4. The standard InChI is InChI=1S/C11H8ClF3N2O2/c1-10(9(18)19,11(13,14)15)17-7-3-2-6(5-16)8(12)4-7/h2-4,17H,1H3,(H,18,19). The number of carboxylic acid groups (broad SMARTS) is 1. The molecule has 0 aliphatic rings. The average Bonchev–Trinajstić information content (AvgIpc) is 2.27. The third-order valence-corrected chi connectivity index (χ3v) is 2.79. The molecule has 1 unspecified atom stereocenters. The molecule has 4 nitrogen and oxygen atoms in total. The summed E-state index contributed by atoms with van der Waals surface area (Å²) in [4.78, 5) is 10.8. The Morgan fingerprint density at radius 1 is 1.47 bits per heavy atom. The fourth-order valence-corrected chi connectivity index (χ4v) is 1.44. The van der Waals surface area contributed by atoms with Crippen molar-refractivity contribution in [2.75, 3.05) is 5.32 Å². The average molecular weight is 293 g/mol. The van der Waals surface area contributed by atoms with Crippen molar-refractivity contribution in [2.24, 2.45) is 0 Å². The zero-order valence-corrected chi connectivity index (χ0v) is 10.3. The second-order valence-electron chi connectivity index (χ2n) is 3.86. The molecule has 0 radical (unpaired) electrons. The predicted octanol–water partition coefficient (Wildman–Crippen LogP) is 3.03. The lowest BCUT2D eigenvalue weighted by molar-refractivity contribution is -0.192. The highest BCUT2D eigenvalue weighted by Gasteiger charge is 2.57. The van der Waals surface area contributed by atoms with E-state index >= 15 is 0 Å². The largest absolute Gasteiger partial charge is 0.479 e. The molecule has 0 heterocycles. The molecule has 0 fully saturated rings. The Bertz CT molecular complexity index is 554. The van der Waals surface area contributed by atoms with E-state index in [2.05, 4.69) is 0 Å². The van der Waals surface area contributed by atoms with Gasteiger partial charge < -0.3 is 10.4 Å². The predicted molar refractivity (Wildman–Crippen MR) is 61.9 cm³/mol. The van der Waals surface area contributed by atoms with Crippen LogP contribution in [0.25, 0.3) is 0 Å². The van der Waals surface area contributed by atoms with E-state index in [4.69, 9.17) is 22.0 Å². The molecule has 0 amide bonds. The molecule has 102 valence electrons. The van der Waals surface area contributed by atoms with Crippen molar-refractivity contribution in [1.82, 2.24) is 0 Å². The molecule has 0 aliphatic carbocycles. The molecule has 0 aromatic heterocycles. The first-order valence-electron chi connectivity index (χ1n) is 4.90. The molecule has 1 aromatic carbocycles. The maximum Gasteiger partial charge on any atom is 0.422 e. The first-order valence-corrected chi connectivity index (χ1v) is 5.27. The van der Waals surface area contributed by atoms with Crippen LogP contribution in [0.2, 0.25) is 5.02 Å². The van der Waals surface area contributed by atoms with E-state index in [0.29, 0.717) is 6.92 Å². The van der Waals surface area contributed by atoms with Crippen molar-refractivity contribution in [2.45, 2.75) is 18.6 Å². The van der Waals surface area contributed by atoms with Crippen LogP contribution in [0.4, 0.5) is 18.9 Å². The van der Waals surface area contributed by atoms with Crippen molar-refractivity contribution in [1.29, 1.82) is 5.26 Å². The van der Waals surface area contributed by atoms with Gasteiger partial charge in [0.15, 0.2) is 0 Å². The van der Waals surface area contributed by atoms with E-state index in [-0.39, 0.29) is 16.3 Å². The van der Waals surface area contributed by atoms with E-state index in [1.165, 1.54) is 6.07 Å². The number of hydrogen-bond donors (Lipinski definition) is 2. The van der Waals surface area contributed by atoms with Crippen molar-refractivity contribution < 1.29 is 23.1 Å². The lowest BCUT2D eigenvalue weighted by Gasteiger charge is -2.29. The summed E-state index contributed by atoms with van der Waals surface area (Å²) in [6.07, 6.45) is -5.00. The van der Waals surface area contributed by atoms with Crippen LogP contribution in [0.15, 0.2) is 18.2 Å². The van der Waals surface area contributed by atoms with Crippen LogP contribution < -0.4 is 5.32 Å². The molecule has 8 heteroatoms. The number of hydrogen-bond acceptors (Lipinski definition) is 3. The molecule has 19 heavy (non-hydrogen) atoms. The fourth-order valence-electron chi connectivity index (χ4n) is 1.22. The van der Waals surface area contributed by atoms with Crippen LogP contribution in [-0.2, 0) is 4.79 Å². The number of carbonyl (C=O) groups is 1. The van der Waals surface area contributed by atoms with Gasteiger partial charge in [-0.15, -0.1) is 0 Å². The van der Waals surface area contributed by atoms with E-state index in [1.807, 2.05) is 5.32 Å². The monoisotopic (exact) mass is 292 g/mol. The Labute approximate surface area is 111 Å². The summed E-state index contributed by atoms with van der Waals surface area (Å²) in [7, 11) is 0. The lowest BCUT2D eigenvalue weighted by atomic mass is 10.0. The summed E-state index contributed by atoms with van der Waals surface area (Å²) >= 11 is 5.66. The summed E-state index contributed by atoms with van der Waals surface area (Å²) in [5, 5.41) is 19.2. The molecule has 0 saturated heterocycles. The van der Waals surface area contributed by atoms with Gasteiger partial charge in [-0.2, -0.15) is 18.4 Å². The van der Waals surface area contributed by atoms with Gasteiger partial charge in [0.1, 0.15) is 6.07 Å². The van der Waals surface area contributed by atoms with Gasteiger partial charge in [-0.25, -0.2) is 4.79 Å². The number of nitriles is 1. The number of benzene rings is 1. The van der Waals surface area contributed by atoms with Crippen LogP contribution >= 0.6 is 11.6 Å². The molecule has 1 rings (SSSR count). The van der Waals surface area contributed by atoms with Crippen molar-refractivity contribution in [3.63, 3.8) is 0 Å². The van der Waals surface area contributed by atoms with E-state index in [1.54, 1.807) is 6.07 Å².